The number of carbonyl (C=O) groups excluding carboxylic acids is 1. The topological polar surface area (TPSA) is 75.7 Å². The van der Waals surface area contributed by atoms with E-state index in [1.165, 1.54) is 30.2 Å². The highest BCUT2D eigenvalue weighted by Crippen LogP contribution is 2.26. The average molecular weight is 334 g/mol. The minimum Gasteiger partial charge on any atom is -0.495 e. The molecular formula is C16H18N2O4S. The van der Waals surface area contributed by atoms with E-state index in [2.05, 4.69) is 4.72 Å². The lowest BCUT2D eigenvalue weighted by Crippen LogP contribution is -2.22. The fourth-order valence-electron chi connectivity index (χ4n) is 1.99. The summed E-state index contributed by atoms with van der Waals surface area (Å²) in [4.78, 5) is 13.4. The van der Waals surface area contributed by atoms with Crippen LogP contribution in [-0.2, 0) is 10.0 Å². The maximum Gasteiger partial charge on any atom is 0.262 e. The first-order valence-electron chi connectivity index (χ1n) is 6.82. The summed E-state index contributed by atoms with van der Waals surface area (Å²) >= 11 is 0. The number of rotatable bonds is 5. The zero-order valence-corrected chi connectivity index (χ0v) is 13.9. The lowest BCUT2D eigenvalue weighted by molar-refractivity contribution is 0.0827. The summed E-state index contributed by atoms with van der Waals surface area (Å²) in [6.07, 6.45) is 0. The molecule has 0 heterocycles. The molecule has 23 heavy (non-hydrogen) atoms. The van der Waals surface area contributed by atoms with Crippen LogP contribution < -0.4 is 9.46 Å². The molecule has 0 saturated carbocycles. The third-order valence-corrected chi connectivity index (χ3v) is 4.51. The van der Waals surface area contributed by atoms with Crippen molar-refractivity contribution in [3.63, 3.8) is 0 Å². The van der Waals surface area contributed by atoms with Crippen LogP contribution in [0, 0.1) is 0 Å². The molecule has 6 nitrogen and oxygen atoms in total. The number of sulfonamides is 1. The lowest BCUT2D eigenvalue weighted by Gasteiger charge is -2.13. The summed E-state index contributed by atoms with van der Waals surface area (Å²) in [6.45, 7) is 0. The molecule has 0 unspecified atom stereocenters. The summed E-state index contributed by atoms with van der Waals surface area (Å²) in [5.41, 5.74) is 0.636. The van der Waals surface area contributed by atoms with Crippen molar-refractivity contribution in [2.24, 2.45) is 0 Å². The van der Waals surface area contributed by atoms with Crippen LogP contribution in [0.3, 0.4) is 0 Å². The standard InChI is InChI=1S/C16H18N2O4S/c1-18(2)16(19)12-7-6-8-13(11-12)23(20,21)17-14-9-4-5-10-15(14)22-3/h4-11,17H,1-3H3. The first-order valence-corrected chi connectivity index (χ1v) is 8.31. The molecular weight excluding hydrogens is 316 g/mol. The maximum atomic E-state index is 12.5. The number of para-hydroxylation sites is 2. The fraction of sp³-hybridized carbons (Fsp3) is 0.188. The molecule has 0 radical (unpaired) electrons. The molecule has 2 rings (SSSR count). The first-order chi connectivity index (χ1) is 10.8. The van der Waals surface area contributed by atoms with Gasteiger partial charge in [-0.05, 0) is 30.3 Å². The van der Waals surface area contributed by atoms with Crippen molar-refractivity contribution in [3.8, 4) is 5.75 Å². The second kappa shape index (κ2) is 6.70. The van der Waals surface area contributed by atoms with Gasteiger partial charge in [-0.3, -0.25) is 9.52 Å². The highest BCUT2D eigenvalue weighted by Gasteiger charge is 2.18. The predicted octanol–water partition coefficient (Wildman–Crippen LogP) is 2.20. The van der Waals surface area contributed by atoms with Gasteiger partial charge in [-0.25, -0.2) is 8.42 Å². The number of nitrogens with one attached hydrogen (secondary N) is 1. The Morgan fingerprint density at radius 3 is 2.43 bits per heavy atom. The molecule has 122 valence electrons. The molecule has 1 amide bonds. The predicted molar refractivity (Wildman–Crippen MR) is 88.3 cm³/mol. The minimum absolute atomic E-state index is 0.0103. The number of benzene rings is 2. The van der Waals surface area contributed by atoms with Crippen molar-refractivity contribution in [2.45, 2.75) is 4.90 Å². The van der Waals surface area contributed by atoms with Crippen molar-refractivity contribution in [1.82, 2.24) is 4.90 Å². The molecule has 0 aliphatic carbocycles. The van der Waals surface area contributed by atoms with Gasteiger partial charge in [-0.1, -0.05) is 18.2 Å². The van der Waals surface area contributed by atoms with Gasteiger partial charge in [0.25, 0.3) is 15.9 Å². The number of hydrogen-bond donors (Lipinski definition) is 1. The Balaban J connectivity index is 2.37. The quantitative estimate of drug-likeness (QED) is 0.909. The van der Waals surface area contributed by atoms with Crippen LogP contribution in [0.5, 0.6) is 5.75 Å². The summed E-state index contributed by atoms with van der Waals surface area (Å²) in [6, 6.07) is 12.6. The van der Waals surface area contributed by atoms with Crippen LogP contribution in [0.15, 0.2) is 53.4 Å². The van der Waals surface area contributed by atoms with Gasteiger partial charge in [-0.15, -0.1) is 0 Å². The molecule has 0 bridgehead atoms. The number of nitrogens with zero attached hydrogens (tertiary/aromatic N) is 1. The summed E-state index contributed by atoms with van der Waals surface area (Å²) < 4.78 is 32.7. The molecule has 2 aromatic rings. The number of carbonyl (C=O) groups is 1. The monoisotopic (exact) mass is 334 g/mol. The van der Waals surface area contributed by atoms with Gasteiger partial charge in [0, 0.05) is 19.7 Å². The number of amides is 1. The molecule has 0 saturated heterocycles. The maximum absolute atomic E-state index is 12.5. The van der Waals surface area contributed by atoms with Gasteiger partial charge in [-0.2, -0.15) is 0 Å². The molecule has 7 heteroatoms. The van der Waals surface area contributed by atoms with Crippen LogP contribution in [0.25, 0.3) is 0 Å². The van der Waals surface area contributed by atoms with E-state index in [1.807, 2.05) is 0 Å². The van der Waals surface area contributed by atoms with Crippen LogP contribution in [0.2, 0.25) is 0 Å². The second-order valence-electron chi connectivity index (χ2n) is 5.03. The highest BCUT2D eigenvalue weighted by atomic mass is 32.2. The van der Waals surface area contributed by atoms with Crippen molar-refractivity contribution in [3.05, 3.63) is 54.1 Å². The molecule has 0 spiro atoms. The molecule has 1 N–H and O–H groups in total. The minimum atomic E-state index is -3.83. The van der Waals surface area contributed by atoms with Crippen molar-refractivity contribution >= 4 is 21.6 Å². The van der Waals surface area contributed by atoms with Gasteiger partial charge >= 0.3 is 0 Å². The van der Waals surface area contributed by atoms with Crippen LogP contribution in [0.1, 0.15) is 10.4 Å². The van der Waals surface area contributed by atoms with Crippen molar-refractivity contribution < 1.29 is 17.9 Å². The van der Waals surface area contributed by atoms with Crippen molar-refractivity contribution in [1.29, 1.82) is 0 Å². The fourth-order valence-corrected chi connectivity index (χ4v) is 3.10. The van der Waals surface area contributed by atoms with Gasteiger partial charge < -0.3 is 9.64 Å². The lowest BCUT2D eigenvalue weighted by atomic mass is 10.2. The Bertz CT molecular complexity index is 816. The molecule has 0 fully saturated rings. The summed E-state index contributed by atoms with van der Waals surface area (Å²) in [5.74, 6) is 0.149. The van der Waals surface area contributed by atoms with Crippen LogP contribution >= 0.6 is 0 Å². The van der Waals surface area contributed by atoms with Gasteiger partial charge in [0.15, 0.2) is 0 Å². The Morgan fingerprint density at radius 2 is 1.78 bits per heavy atom. The van der Waals surface area contributed by atoms with Crippen LogP contribution in [0.4, 0.5) is 5.69 Å². The van der Waals surface area contributed by atoms with E-state index in [9.17, 15) is 13.2 Å². The molecule has 0 aromatic heterocycles. The smallest absolute Gasteiger partial charge is 0.262 e. The van der Waals surface area contributed by atoms with Gasteiger partial charge in [0.1, 0.15) is 5.75 Å². The Hall–Kier alpha value is -2.54. The average Bonchev–Trinajstić information content (AvgIpc) is 2.54. The van der Waals surface area contributed by atoms with Crippen molar-refractivity contribution in [2.75, 3.05) is 25.9 Å². The van der Waals surface area contributed by atoms with E-state index in [4.69, 9.17) is 4.74 Å². The normalized spacial score (nSPS) is 10.9. The largest absolute Gasteiger partial charge is 0.495 e. The van der Waals surface area contributed by atoms with Gasteiger partial charge in [0.05, 0.1) is 17.7 Å². The van der Waals surface area contributed by atoms with E-state index in [-0.39, 0.29) is 10.8 Å². The number of ether oxygens (including phenoxy) is 1. The Labute approximate surface area is 135 Å². The van der Waals surface area contributed by atoms with E-state index >= 15 is 0 Å². The highest BCUT2D eigenvalue weighted by molar-refractivity contribution is 7.92. The number of hydrogen-bond acceptors (Lipinski definition) is 4. The van der Waals surface area contributed by atoms with E-state index in [0.717, 1.165) is 0 Å². The summed E-state index contributed by atoms with van der Waals surface area (Å²) in [5, 5.41) is 0. The van der Waals surface area contributed by atoms with E-state index in [0.29, 0.717) is 17.0 Å². The first kappa shape index (κ1) is 16.8. The number of methoxy groups -OCH3 is 1. The second-order valence-corrected chi connectivity index (χ2v) is 6.72. The van der Waals surface area contributed by atoms with E-state index < -0.39 is 10.0 Å². The third kappa shape index (κ3) is 3.81. The van der Waals surface area contributed by atoms with Crippen LogP contribution in [-0.4, -0.2) is 40.4 Å². The SMILES string of the molecule is COc1ccccc1NS(=O)(=O)c1cccc(C(=O)N(C)C)c1. The third-order valence-electron chi connectivity index (χ3n) is 3.15. The number of anilines is 1. The molecule has 0 atom stereocenters. The van der Waals surface area contributed by atoms with Gasteiger partial charge in [0.2, 0.25) is 0 Å². The van der Waals surface area contributed by atoms with E-state index in [1.54, 1.807) is 44.4 Å². The molecule has 0 aliphatic rings. The summed E-state index contributed by atoms with van der Waals surface area (Å²) in [7, 11) is 0.849. The zero-order valence-electron chi connectivity index (χ0n) is 13.1. The molecule has 0 aliphatic heterocycles. The Morgan fingerprint density at radius 1 is 1.09 bits per heavy atom. The zero-order chi connectivity index (χ0) is 17.0. The molecule has 2 aromatic carbocycles. The Kier molecular flexibility index (Phi) is 4.90.